The quantitative estimate of drug-likeness (QED) is 0.472. The van der Waals surface area contributed by atoms with Crippen LogP contribution in [0.25, 0.3) is 16.6 Å². The van der Waals surface area contributed by atoms with Gasteiger partial charge in [-0.1, -0.05) is 40.2 Å². The summed E-state index contributed by atoms with van der Waals surface area (Å²) in [6.45, 7) is 0.330. The van der Waals surface area contributed by atoms with E-state index < -0.39 is 6.04 Å². The maximum absolute atomic E-state index is 13.1. The molecule has 3 aromatic carbocycles. The average molecular weight is 488 g/mol. The van der Waals surface area contributed by atoms with E-state index in [-0.39, 0.29) is 19.1 Å². The predicted octanol–water partition coefficient (Wildman–Crippen LogP) is 3.91. The molecule has 1 atom stereocenters. The Morgan fingerprint density at radius 3 is 2.69 bits per heavy atom. The van der Waals surface area contributed by atoms with Gasteiger partial charge in [-0.3, -0.25) is 4.79 Å². The predicted molar refractivity (Wildman–Crippen MR) is 125 cm³/mol. The molecule has 8 heteroatoms. The molecule has 1 unspecified atom stereocenters. The third-order valence-corrected chi connectivity index (χ3v) is 5.93. The number of hydrogen-bond donors (Lipinski definition) is 1. The van der Waals surface area contributed by atoms with E-state index in [0.717, 1.165) is 15.4 Å². The fourth-order valence-electron chi connectivity index (χ4n) is 3.89. The standard InChI is InChI=1S/C24H18BrN5O2/c25-16-9-10-17-19(28-30(22(17)11-16)20-6-2-1-5-15(20)12-26)13-29-21-7-3-4-8-23(21)32-14-18(27)24(29)31/h1-11,18H,13-14,27H2. The Kier molecular flexibility index (Phi) is 5.13. The van der Waals surface area contributed by atoms with E-state index in [1.54, 1.807) is 15.6 Å². The molecule has 1 aromatic heterocycles. The Hall–Kier alpha value is -3.67. The first-order chi connectivity index (χ1) is 15.6. The fourth-order valence-corrected chi connectivity index (χ4v) is 4.24. The van der Waals surface area contributed by atoms with Crippen molar-refractivity contribution in [2.75, 3.05) is 11.5 Å². The number of halogens is 1. The highest BCUT2D eigenvalue weighted by Gasteiger charge is 2.30. The van der Waals surface area contributed by atoms with Gasteiger partial charge in [0.2, 0.25) is 5.91 Å². The molecule has 0 radical (unpaired) electrons. The zero-order valence-electron chi connectivity index (χ0n) is 16.9. The van der Waals surface area contributed by atoms with Crippen LogP contribution < -0.4 is 15.4 Å². The number of aromatic nitrogens is 2. The largest absolute Gasteiger partial charge is 0.489 e. The molecule has 7 nitrogen and oxygen atoms in total. The number of hydrogen-bond acceptors (Lipinski definition) is 5. The van der Waals surface area contributed by atoms with Crippen molar-refractivity contribution in [2.24, 2.45) is 5.73 Å². The molecule has 2 N–H and O–H groups in total. The number of benzene rings is 3. The van der Waals surface area contributed by atoms with E-state index in [1.807, 2.05) is 60.7 Å². The number of carbonyl (C=O) groups is 1. The summed E-state index contributed by atoms with van der Waals surface area (Å²) >= 11 is 3.53. The maximum Gasteiger partial charge on any atom is 0.247 e. The average Bonchev–Trinajstić information content (AvgIpc) is 3.12. The maximum atomic E-state index is 13.1. The van der Waals surface area contributed by atoms with E-state index in [0.29, 0.717) is 28.4 Å². The monoisotopic (exact) mass is 487 g/mol. The molecule has 1 aliphatic rings. The number of amides is 1. The van der Waals surface area contributed by atoms with Crippen LogP contribution in [-0.4, -0.2) is 28.3 Å². The van der Waals surface area contributed by atoms with Crippen molar-refractivity contribution in [2.45, 2.75) is 12.6 Å². The Bertz CT molecular complexity index is 1390. The van der Waals surface area contributed by atoms with Crippen LogP contribution >= 0.6 is 15.9 Å². The summed E-state index contributed by atoms with van der Waals surface area (Å²) in [6.07, 6.45) is 0. The zero-order chi connectivity index (χ0) is 22.2. The molecule has 0 fully saturated rings. The lowest BCUT2D eigenvalue weighted by atomic mass is 10.1. The molecule has 158 valence electrons. The second-order valence-electron chi connectivity index (χ2n) is 7.46. The van der Waals surface area contributed by atoms with E-state index in [2.05, 4.69) is 22.0 Å². The minimum atomic E-state index is -0.774. The van der Waals surface area contributed by atoms with Gasteiger partial charge in [0.1, 0.15) is 24.5 Å². The molecule has 1 amide bonds. The fraction of sp³-hybridized carbons (Fsp3) is 0.125. The van der Waals surface area contributed by atoms with E-state index in [9.17, 15) is 10.1 Å². The van der Waals surface area contributed by atoms with Gasteiger partial charge in [-0.2, -0.15) is 10.4 Å². The summed E-state index contributed by atoms with van der Waals surface area (Å²) in [6, 6.07) is 22.0. The first-order valence-electron chi connectivity index (χ1n) is 10.0. The Morgan fingerprint density at radius 2 is 1.88 bits per heavy atom. The van der Waals surface area contributed by atoms with Crippen LogP contribution in [0.4, 0.5) is 5.69 Å². The third kappa shape index (κ3) is 3.42. The van der Waals surface area contributed by atoms with Crippen LogP contribution in [0.1, 0.15) is 11.3 Å². The number of anilines is 1. The van der Waals surface area contributed by atoms with Crippen molar-refractivity contribution >= 4 is 38.4 Å². The summed E-state index contributed by atoms with van der Waals surface area (Å²) in [5.41, 5.74) is 9.44. The SMILES string of the molecule is N#Cc1ccccc1-n1nc(CN2C(=O)C(N)COc3ccccc32)c2ccc(Br)cc21. The van der Waals surface area contributed by atoms with E-state index in [1.165, 1.54) is 0 Å². The second-order valence-corrected chi connectivity index (χ2v) is 8.37. The minimum Gasteiger partial charge on any atom is -0.489 e. The second kappa shape index (κ2) is 8.11. The molecule has 1 aliphatic heterocycles. The third-order valence-electron chi connectivity index (χ3n) is 5.44. The van der Waals surface area contributed by atoms with Crippen LogP contribution in [0.2, 0.25) is 0 Å². The van der Waals surface area contributed by atoms with Gasteiger partial charge in [0, 0.05) is 9.86 Å². The van der Waals surface area contributed by atoms with Crippen molar-refractivity contribution < 1.29 is 9.53 Å². The van der Waals surface area contributed by atoms with Crippen LogP contribution in [0.5, 0.6) is 5.75 Å². The normalized spacial score (nSPS) is 15.7. The molecule has 4 aromatic rings. The smallest absolute Gasteiger partial charge is 0.247 e. The number of nitrogens with zero attached hydrogens (tertiary/aromatic N) is 4. The molecule has 0 spiro atoms. The summed E-state index contributed by atoms with van der Waals surface area (Å²) < 4.78 is 8.39. The number of fused-ring (bicyclic) bond motifs is 2. The number of nitriles is 1. The highest BCUT2D eigenvalue weighted by molar-refractivity contribution is 9.10. The lowest BCUT2D eigenvalue weighted by Crippen LogP contribution is -2.45. The topological polar surface area (TPSA) is 97.2 Å². The molecule has 2 heterocycles. The van der Waals surface area contributed by atoms with Crippen LogP contribution in [0.15, 0.2) is 71.2 Å². The van der Waals surface area contributed by atoms with Gasteiger partial charge in [-0.05, 0) is 42.5 Å². The van der Waals surface area contributed by atoms with Crippen molar-refractivity contribution in [1.82, 2.24) is 9.78 Å². The summed E-state index contributed by atoms with van der Waals surface area (Å²) in [4.78, 5) is 14.7. The first-order valence-corrected chi connectivity index (χ1v) is 10.8. The van der Waals surface area contributed by atoms with Crippen LogP contribution in [0, 0.1) is 11.3 Å². The van der Waals surface area contributed by atoms with Crippen molar-refractivity contribution in [3.05, 3.63) is 82.5 Å². The summed E-state index contributed by atoms with van der Waals surface area (Å²) in [5, 5.41) is 15.3. The van der Waals surface area contributed by atoms with Gasteiger partial charge in [0.05, 0.1) is 34.7 Å². The van der Waals surface area contributed by atoms with Gasteiger partial charge in [-0.25, -0.2) is 4.68 Å². The van der Waals surface area contributed by atoms with Crippen molar-refractivity contribution in [1.29, 1.82) is 5.26 Å². The summed E-state index contributed by atoms with van der Waals surface area (Å²) in [5.74, 6) is 0.377. The Balaban J connectivity index is 1.67. The Labute approximate surface area is 192 Å². The van der Waals surface area contributed by atoms with E-state index in [4.69, 9.17) is 15.6 Å². The van der Waals surface area contributed by atoms with E-state index >= 15 is 0 Å². The summed E-state index contributed by atoms with van der Waals surface area (Å²) in [7, 11) is 0. The lowest BCUT2D eigenvalue weighted by Gasteiger charge is -2.22. The molecule has 0 saturated carbocycles. The van der Waals surface area contributed by atoms with Crippen LogP contribution in [0.3, 0.4) is 0 Å². The minimum absolute atomic E-state index is 0.115. The number of para-hydroxylation sites is 3. The molecule has 5 rings (SSSR count). The first kappa shape index (κ1) is 20.2. The van der Waals surface area contributed by atoms with Gasteiger partial charge in [0.25, 0.3) is 0 Å². The zero-order valence-corrected chi connectivity index (χ0v) is 18.5. The highest BCUT2D eigenvalue weighted by atomic mass is 79.9. The number of rotatable bonds is 3. The van der Waals surface area contributed by atoms with Crippen LogP contribution in [-0.2, 0) is 11.3 Å². The molecule has 32 heavy (non-hydrogen) atoms. The van der Waals surface area contributed by atoms with Gasteiger partial charge in [-0.15, -0.1) is 0 Å². The number of nitrogens with two attached hydrogens (primary N) is 1. The molecule has 0 bridgehead atoms. The van der Waals surface area contributed by atoms with Gasteiger partial charge < -0.3 is 15.4 Å². The van der Waals surface area contributed by atoms with Gasteiger partial charge in [0.15, 0.2) is 0 Å². The number of ether oxygens (including phenoxy) is 1. The molecular weight excluding hydrogens is 470 g/mol. The lowest BCUT2D eigenvalue weighted by molar-refractivity contribution is -0.120. The van der Waals surface area contributed by atoms with Gasteiger partial charge >= 0.3 is 0 Å². The number of carbonyl (C=O) groups excluding carboxylic acids is 1. The van der Waals surface area contributed by atoms with Crippen molar-refractivity contribution in [3.8, 4) is 17.5 Å². The van der Waals surface area contributed by atoms with Crippen molar-refractivity contribution in [3.63, 3.8) is 0 Å². The highest BCUT2D eigenvalue weighted by Crippen LogP contribution is 2.34. The molecular formula is C24H18BrN5O2. The Morgan fingerprint density at radius 1 is 1.12 bits per heavy atom. The molecule has 0 saturated heterocycles. The molecule has 0 aliphatic carbocycles.